The molecule has 1 radical (unpaired) electrons. The molecule has 0 fully saturated rings. The van der Waals surface area contributed by atoms with Gasteiger partial charge in [0.05, 0.1) is 0 Å². The van der Waals surface area contributed by atoms with Crippen molar-refractivity contribution in [2.45, 2.75) is 26.2 Å². The molecule has 0 N–H and O–H groups in total. The lowest BCUT2D eigenvalue weighted by Gasteiger charge is -1.83. The van der Waals surface area contributed by atoms with Gasteiger partial charge in [-0.1, -0.05) is 19.8 Å². The van der Waals surface area contributed by atoms with E-state index in [4.69, 9.17) is 0 Å². The summed E-state index contributed by atoms with van der Waals surface area (Å²) in [6, 6.07) is 0. The van der Waals surface area contributed by atoms with Crippen LogP contribution < -0.4 is 0 Å². The molecule has 0 aromatic rings. The molecule has 0 spiro atoms. The summed E-state index contributed by atoms with van der Waals surface area (Å²) in [4.78, 5) is 0. The van der Waals surface area contributed by atoms with Crippen molar-refractivity contribution in [2.75, 3.05) is 0 Å². The van der Waals surface area contributed by atoms with Gasteiger partial charge in [0.2, 0.25) is 0 Å². The zero-order valence-electron chi connectivity index (χ0n) is 4.08. The first-order chi connectivity index (χ1) is 2.91. The van der Waals surface area contributed by atoms with E-state index in [1.807, 2.05) is 6.92 Å². The molecule has 0 unspecified atom stereocenters. The van der Waals surface area contributed by atoms with Crippen LogP contribution in [0.3, 0.4) is 0 Å². The highest BCUT2D eigenvalue weighted by molar-refractivity contribution is 4.44. The topological polar surface area (TPSA) is 0 Å². The summed E-state index contributed by atoms with van der Waals surface area (Å²) in [6.45, 7) is 2.76. The molecular weight excluding hydrogens is 79.1 g/mol. The van der Waals surface area contributed by atoms with Crippen LogP contribution in [0.5, 0.6) is 0 Å². The Morgan fingerprint density at radius 3 is 2.50 bits per heavy atom. The van der Waals surface area contributed by atoms with Crippen LogP contribution in [0.25, 0.3) is 0 Å². The van der Waals surface area contributed by atoms with E-state index in [9.17, 15) is 4.39 Å². The smallest absolute Gasteiger partial charge is 0.131 e. The van der Waals surface area contributed by atoms with Gasteiger partial charge in [-0.15, -0.1) is 0 Å². The molecule has 0 aromatic heterocycles. The van der Waals surface area contributed by atoms with E-state index in [1.165, 1.54) is 0 Å². The van der Waals surface area contributed by atoms with E-state index >= 15 is 0 Å². The van der Waals surface area contributed by atoms with Crippen LogP contribution >= 0.6 is 0 Å². The number of halogens is 1. The Labute approximate surface area is 38.4 Å². The van der Waals surface area contributed by atoms with Crippen LogP contribution in [-0.2, 0) is 0 Å². The van der Waals surface area contributed by atoms with Gasteiger partial charge in [0.15, 0.2) is 0 Å². The van der Waals surface area contributed by atoms with Gasteiger partial charge in [-0.05, 0) is 6.42 Å². The molecule has 0 nitrogen and oxygen atoms in total. The summed E-state index contributed by atoms with van der Waals surface area (Å²) in [5, 5.41) is 0. The van der Waals surface area contributed by atoms with Crippen molar-refractivity contribution in [1.82, 2.24) is 0 Å². The maximum atomic E-state index is 11.1. The molecule has 37 valence electrons. The minimum absolute atomic E-state index is 0.622. The fraction of sp³-hybridized carbons (Fsp3) is 0.800. The van der Waals surface area contributed by atoms with Crippen LogP contribution in [0.15, 0.2) is 0 Å². The van der Waals surface area contributed by atoms with Gasteiger partial charge < -0.3 is 0 Å². The van der Waals surface area contributed by atoms with Gasteiger partial charge >= 0.3 is 0 Å². The van der Waals surface area contributed by atoms with Crippen molar-refractivity contribution >= 4 is 0 Å². The Bertz CT molecular complexity index is 15.9. The van der Waals surface area contributed by atoms with Crippen molar-refractivity contribution < 1.29 is 4.39 Å². The second-order valence-electron chi connectivity index (χ2n) is 1.30. The van der Waals surface area contributed by atoms with E-state index in [0.29, 0.717) is 13.1 Å². The minimum atomic E-state index is 0.622. The molecule has 0 aliphatic heterocycles. The van der Waals surface area contributed by atoms with E-state index in [2.05, 4.69) is 0 Å². The van der Waals surface area contributed by atoms with Crippen LogP contribution in [0.1, 0.15) is 26.2 Å². The van der Waals surface area contributed by atoms with Gasteiger partial charge in [-0.3, -0.25) is 0 Å². The largest absolute Gasteiger partial charge is 0.244 e. The Balaban J connectivity index is 2.34. The van der Waals surface area contributed by atoms with Crippen molar-refractivity contribution in [2.24, 2.45) is 0 Å². The van der Waals surface area contributed by atoms with Crippen molar-refractivity contribution in [3.63, 3.8) is 0 Å². The van der Waals surface area contributed by atoms with E-state index in [0.717, 1.165) is 12.8 Å². The van der Waals surface area contributed by atoms with Crippen LogP contribution in [0.2, 0.25) is 0 Å². The summed E-state index contributed by atoms with van der Waals surface area (Å²) in [6.07, 6.45) is 2.69. The lowest BCUT2D eigenvalue weighted by molar-refractivity contribution is 0.557. The quantitative estimate of drug-likeness (QED) is 0.465. The third-order valence-electron chi connectivity index (χ3n) is 0.667. The standard InChI is InChI=1S/C5H10F/c1-2-3-4-5-6/h5H,2-4H2,1H3. The molecule has 0 saturated carbocycles. The molecule has 0 aliphatic carbocycles. The second-order valence-corrected chi connectivity index (χ2v) is 1.30. The molecule has 0 amide bonds. The van der Waals surface area contributed by atoms with Gasteiger partial charge in [0.25, 0.3) is 0 Å². The third-order valence-corrected chi connectivity index (χ3v) is 0.667. The van der Waals surface area contributed by atoms with Gasteiger partial charge in [0.1, 0.15) is 6.67 Å². The number of hydrogen-bond donors (Lipinski definition) is 0. The molecule has 0 bridgehead atoms. The summed E-state index contributed by atoms with van der Waals surface area (Å²) < 4.78 is 11.1. The highest BCUT2D eigenvalue weighted by atomic mass is 19.1. The molecule has 1 heteroatoms. The Morgan fingerprint density at radius 1 is 1.67 bits per heavy atom. The molecule has 0 saturated heterocycles. The van der Waals surface area contributed by atoms with Crippen LogP contribution in [0, 0.1) is 6.67 Å². The molecule has 0 heterocycles. The molecule has 0 aliphatic rings. The molecule has 0 aromatic carbocycles. The van der Waals surface area contributed by atoms with Gasteiger partial charge in [0, 0.05) is 0 Å². The summed E-state index contributed by atoms with van der Waals surface area (Å²) in [5.74, 6) is 0. The average molecular weight is 89.1 g/mol. The Morgan fingerprint density at radius 2 is 2.33 bits per heavy atom. The summed E-state index contributed by atoms with van der Waals surface area (Å²) in [5.41, 5.74) is 0. The average Bonchev–Trinajstić information content (AvgIpc) is 1.61. The number of rotatable bonds is 3. The summed E-state index contributed by atoms with van der Waals surface area (Å²) in [7, 11) is 0. The van der Waals surface area contributed by atoms with E-state index in [1.54, 1.807) is 0 Å². The third kappa shape index (κ3) is 3.93. The van der Waals surface area contributed by atoms with E-state index < -0.39 is 0 Å². The van der Waals surface area contributed by atoms with Crippen molar-refractivity contribution in [1.29, 1.82) is 0 Å². The zero-order valence-corrected chi connectivity index (χ0v) is 4.08. The normalized spacial score (nSPS) is 9.00. The maximum Gasteiger partial charge on any atom is 0.131 e. The molecule has 0 atom stereocenters. The highest BCUT2D eigenvalue weighted by Gasteiger charge is 1.79. The van der Waals surface area contributed by atoms with Gasteiger partial charge in [-0.25, -0.2) is 4.39 Å². The predicted molar refractivity (Wildman–Crippen MR) is 24.9 cm³/mol. The predicted octanol–water partition coefficient (Wildman–Crippen LogP) is 2.31. The summed E-state index contributed by atoms with van der Waals surface area (Å²) >= 11 is 0. The van der Waals surface area contributed by atoms with Gasteiger partial charge in [-0.2, -0.15) is 0 Å². The second kappa shape index (κ2) is 4.93. The Kier molecular flexibility index (Phi) is 4.87. The van der Waals surface area contributed by atoms with Crippen molar-refractivity contribution in [3.8, 4) is 0 Å². The minimum Gasteiger partial charge on any atom is -0.244 e. The molecule has 6 heavy (non-hydrogen) atoms. The fourth-order valence-corrected chi connectivity index (χ4v) is 0.281. The van der Waals surface area contributed by atoms with E-state index in [-0.39, 0.29) is 0 Å². The SMILES string of the molecule is CCCC[CH]F. The first-order valence-electron chi connectivity index (χ1n) is 2.33. The lowest BCUT2D eigenvalue weighted by Crippen LogP contribution is -1.66. The maximum absolute atomic E-state index is 11.1. The highest BCUT2D eigenvalue weighted by Crippen LogP contribution is 1.96. The monoisotopic (exact) mass is 89.1 g/mol. The number of hydrogen-bond acceptors (Lipinski definition) is 0. The number of unbranched alkanes of at least 4 members (excludes halogenated alkanes) is 2. The fourth-order valence-electron chi connectivity index (χ4n) is 0.281. The molecular formula is C5H10F. The molecule has 0 rings (SSSR count). The zero-order chi connectivity index (χ0) is 4.83. The first kappa shape index (κ1) is 5.93. The lowest BCUT2D eigenvalue weighted by atomic mass is 10.3. The Hall–Kier alpha value is -0.0700. The van der Waals surface area contributed by atoms with Crippen LogP contribution in [-0.4, -0.2) is 0 Å². The van der Waals surface area contributed by atoms with Crippen LogP contribution in [0.4, 0.5) is 4.39 Å². The van der Waals surface area contributed by atoms with Crippen molar-refractivity contribution in [3.05, 3.63) is 6.67 Å². The first-order valence-corrected chi connectivity index (χ1v) is 2.33.